The predicted molar refractivity (Wildman–Crippen MR) is 63.4 cm³/mol. The van der Waals surface area contributed by atoms with E-state index in [9.17, 15) is 14.9 Å². The molecule has 0 aliphatic heterocycles. The molecule has 0 bridgehead atoms. The van der Waals surface area contributed by atoms with Gasteiger partial charge < -0.3 is 14.5 Å². The van der Waals surface area contributed by atoms with Gasteiger partial charge in [-0.05, 0) is 12.1 Å². The van der Waals surface area contributed by atoms with Crippen LogP contribution in [-0.2, 0) is 9.53 Å². The van der Waals surface area contributed by atoms with Crippen molar-refractivity contribution < 1.29 is 18.9 Å². The van der Waals surface area contributed by atoms with E-state index in [0.717, 1.165) is 0 Å². The van der Waals surface area contributed by atoms with E-state index < -0.39 is 10.9 Å². The Morgan fingerprint density at radius 3 is 2.94 bits per heavy atom. The zero-order valence-corrected chi connectivity index (χ0v) is 9.50. The van der Waals surface area contributed by atoms with E-state index in [1.807, 2.05) is 0 Å². The second-order valence-electron chi connectivity index (χ2n) is 3.52. The fraction of sp³-hybridized carbons (Fsp3) is 0.182. The number of carbonyl (C=O) groups excluding carboxylic acids is 1. The van der Waals surface area contributed by atoms with Crippen LogP contribution < -0.4 is 5.32 Å². The third-order valence-electron chi connectivity index (χ3n) is 2.35. The number of rotatable bonds is 4. The molecule has 0 aliphatic rings. The van der Waals surface area contributed by atoms with Gasteiger partial charge in [-0.1, -0.05) is 0 Å². The van der Waals surface area contributed by atoms with E-state index in [1.54, 1.807) is 18.2 Å². The van der Waals surface area contributed by atoms with Crippen molar-refractivity contribution in [3.63, 3.8) is 0 Å². The molecular formula is C11H10N2O5. The molecule has 0 atom stereocenters. The third-order valence-corrected chi connectivity index (χ3v) is 2.35. The van der Waals surface area contributed by atoms with Crippen LogP contribution in [0.25, 0.3) is 11.0 Å². The molecule has 0 spiro atoms. The van der Waals surface area contributed by atoms with Gasteiger partial charge in [-0.2, -0.15) is 0 Å². The van der Waals surface area contributed by atoms with E-state index in [-0.39, 0.29) is 12.4 Å². The molecular weight excluding hydrogens is 240 g/mol. The summed E-state index contributed by atoms with van der Waals surface area (Å²) in [5.41, 5.74) is 1.01. The maximum atomic E-state index is 10.9. The fourth-order valence-electron chi connectivity index (χ4n) is 1.46. The number of hydrogen-bond donors (Lipinski definition) is 1. The van der Waals surface area contributed by atoms with Crippen molar-refractivity contribution in [3.05, 3.63) is 34.4 Å². The number of esters is 1. The molecule has 1 aromatic carbocycles. The van der Waals surface area contributed by atoms with Crippen LogP contribution in [0.3, 0.4) is 0 Å². The number of nitrogens with one attached hydrogen (secondary N) is 1. The smallest absolute Gasteiger partial charge is 0.434 e. The minimum atomic E-state index is -0.596. The Bertz CT molecular complexity index is 604. The van der Waals surface area contributed by atoms with Gasteiger partial charge in [-0.25, -0.2) is 0 Å². The van der Waals surface area contributed by atoms with E-state index in [4.69, 9.17) is 4.42 Å². The molecule has 0 aliphatic carbocycles. The number of anilines is 1. The predicted octanol–water partition coefficient (Wildman–Crippen LogP) is 1.93. The Kier molecular flexibility index (Phi) is 3.13. The topological polar surface area (TPSA) is 94.6 Å². The van der Waals surface area contributed by atoms with Crippen LogP contribution in [-0.4, -0.2) is 24.5 Å². The Labute approximate surface area is 101 Å². The number of fused-ring (bicyclic) bond motifs is 1. The lowest BCUT2D eigenvalue weighted by Crippen LogP contribution is -2.14. The van der Waals surface area contributed by atoms with Gasteiger partial charge in [-0.15, -0.1) is 0 Å². The molecule has 1 N–H and O–H groups in total. The molecule has 0 saturated carbocycles. The van der Waals surface area contributed by atoms with E-state index in [1.165, 1.54) is 13.2 Å². The second-order valence-corrected chi connectivity index (χ2v) is 3.52. The number of furan rings is 1. The van der Waals surface area contributed by atoms with Crippen molar-refractivity contribution in [3.8, 4) is 0 Å². The highest BCUT2D eigenvalue weighted by Gasteiger charge is 2.13. The summed E-state index contributed by atoms with van der Waals surface area (Å²) in [5, 5.41) is 14.0. The zero-order chi connectivity index (χ0) is 13.1. The van der Waals surface area contributed by atoms with Crippen LogP contribution in [0.1, 0.15) is 0 Å². The van der Waals surface area contributed by atoms with Gasteiger partial charge in [0, 0.05) is 17.1 Å². The zero-order valence-electron chi connectivity index (χ0n) is 9.50. The van der Waals surface area contributed by atoms with Crippen molar-refractivity contribution >= 4 is 28.5 Å². The number of ether oxygens (including phenoxy) is 1. The molecule has 7 heteroatoms. The van der Waals surface area contributed by atoms with Crippen LogP contribution in [0.15, 0.2) is 28.7 Å². The molecule has 2 rings (SSSR count). The van der Waals surface area contributed by atoms with Crippen molar-refractivity contribution in [2.75, 3.05) is 19.0 Å². The first-order chi connectivity index (χ1) is 8.60. The molecule has 0 amide bonds. The molecule has 0 radical (unpaired) electrons. The summed E-state index contributed by atoms with van der Waals surface area (Å²) in [6, 6.07) is 6.31. The summed E-state index contributed by atoms with van der Waals surface area (Å²) in [5.74, 6) is -0.712. The van der Waals surface area contributed by atoms with Crippen LogP contribution in [0.4, 0.5) is 11.6 Å². The first-order valence-corrected chi connectivity index (χ1v) is 5.09. The normalized spacial score (nSPS) is 10.3. The lowest BCUT2D eigenvalue weighted by molar-refractivity contribution is -0.401. The third kappa shape index (κ3) is 2.40. The number of nitrogens with zero attached hydrogens (tertiary/aromatic N) is 1. The number of carbonyl (C=O) groups is 1. The Balaban J connectivity index is 2.21. The van der Waals surface area contributed by atoms with Gasteiger partial charge in [0.25, 0.3) is 0 Å². The number of methoxy groups -OCH3 is 1. The maximum absolute atomic E-state index is 10.9. The minimum Gasteiger partial charge on any atom is -0.468 e. The van der Waals surface area contributed by atoms with Crippen LogP contribution in [0.2, 0.25) is 0 Å². The molecule has 0 fully saturated rings. The summed E-state index contributed by atoms with van der Waals surface area (Å²) in [6.45, 7) is 0.0187. The van der Waals surface area contributed by atoms with Crippen molar-refractivity contribution in [2.24, 2.45) is 0 Å². The van der Waals surface area contributed by atoms with Crippen LogP contribution in [0, 0.1) is 10.1 Å². The van der Waals surface area contributed by atoms with E-state index in [2.05, 4.69) is 10.1 Å². The largest absolute Gasteiger partial charge is 0.468 e. The van der Waals surface area contributed by atoms with Gasteiger partial charge in [0.15, 0.2) is 0 Å². The Hall–Kier alpha value is -2.57. The SMILES string of the molecule is COC(=O)CNc1ccc2cc([N+](=O)[O-])oc2c1. The van der Waals surface area contributed by atoms with Gasteiger partial charge in [0.05, 0.1) is 13.2 Å². The van der Waals surface area contributed by atoms with Crippen molar-refractivity contribution in [1.29, 1.82) is 0 Å². The lowest BCUT2D eigenvalue weighted by atomic mass is 10.2. The summed E-state index contributed by atoms with van der Waals surface area (Å²) in [4.78, 5) is 20.9. The summed E-state index contributed by atoms with van der Waals surface area (Å²) >= 11 is 0. The summed E-state index contributed by atoms with van der Waals surface area (Å²) in [6.07, 6.45) is 0. The first-order valence-electron chi connectivity index (χ1n) is 5.09. The molecule has 94 valence electrons. The summed E-state index contributed by atoms with van der Waals surface area (Å²) in [7, 11) is 1.29. The average molecular weight is 250 g/mol. The second kappa shape index (κ2) is 4.74. The van der Waals surface area contributed by atoms with E-state index >= 15 is 0 Å². The number of nitro groups is 1. The van der Waals surface area contributed by atoms with Crippen LogP contribution in [0.5, 0.6) is 0 Å². The number of hydrogen-bond acceptors (Lipinski definition) is 6. The Morgan fingerprint density at radius 1 is 1.50 bits per heavy atom. The first kappa shape index (κ1) is 11.9. The molecule has 0 saturated heterocycles. The highest BCUT2D eigenvalue weighted by Crippen LogP contribution is 2.26. The van der Waals surface area contributed by atoms with Gasteiger partial charge >= 0.3 is 11.9 Å². The van der Waals surface area contributed by atoms with Gasteiger partial charge in [-0.3, -0.25) is 14.9 Å². The monoisotopic (exact) mass is 250 g/mol. The minimum absolute atomic E-state index is 0.0187. The van der Waals surface area contributed by atoms with Gasteiger partial charge in [0.2, 0.25) is 0 Å². The average Bonchev–Trinajstić information content (AvgIpc) is 2.79. The van der Waals surface area contributed by atoms with Crippen LogP contribution >= 0.6 is 0 Å². The fourth-order valence-corrected chi connectivity index (χ4v) is 1.46. The molecule has 18 heavy (non-hydrogen) atoms. The molecule has 2 aromatic rings. The molecule has 7 nitrogen and oxygen atoms in total. The number of benzene rings is 1. The Morgan fingerprint density at radius 2 is 2.28 bits per heavy atom. The quantitative estimate of drug-likeness (QED) is 0.506. The molecule has 1 aromatic heterocycles. The van der Waals surface area contributed by atoms with E-state index in [0.29, 0.717) is 16.7 Å². The van der Waals surface area contributed by atoms with Gasteiger partial charge in [0.1, 0.15) is 17.1 Å². The molecule has 1 heterocycles. The van der Waals surface area contributed by atoms with Crippen molar-refractivity contribution in [2.45, 2.75) is 0 Å². The summed E-state index contributed by atoms with van der Waals surface area (Å²) < 4.78 is 9.53. The molecule has 0 unspecified atom stereocenters. The highest BCUT2D eigenvalue weighted by molar-refractivity contribution is 5.84. The highest BCUT2D eigenvalue weighted by atomic mass is 16.6. The maximum Gasteiger partial charge on any atom is 0.434 e. The van der Waals surface area contributed by atoms with Crippen molar-refractivity contribution in [1.82, 2.24) is 0 Å². The lowest BCUT2D eigenvalue weighted by Gasteiger charge is -2.03. The standard InChI is InChI=1S/C11H10N2O5/c1-17-11(14)6-12-8-3-2-7-4-10(13(15)16)18-9(7)5-8/h2-5,12H,6H2,1H3.